The largest absolute Gasteiger partial charge is 0.494 e. The number of carbonyl (C=O) groups is 1. The third kappa shape index (κ3) is 5.26. The zero-order valence-corrected chi connectivity index (χ0v) is 17.2. The monoisotopic (exact) mass is 379 g/mol. The molecular formula is C23H29N3O2. The number of anilines is 2. The molecule has 0 radical (unpaired) electrons. The van der Waals surface area contributed by atoms with E-state index in [1.807, 2.05) is 55.5 Å². The van der Waals surface area contributed by atoms with E-state index >= 15 is 0 Å². The summed E-state index contributed by atoms with van der Waals surface area (Å²) in [6.45, 7) is 10.2. The van der Waals surface area contributed by atoms with Gasteiger partial charge in [-0.1, -0.05) is 0 Å². The van der Waals surface area contributed by atoms with Gasteiger partial charge in [-0.3, -0.25) is 4.79 Å². The Morgan fingerprint density at radius 2 is 1.64 bits per heavy atom. The second kappa shape index (κ2) is 10.4. The maximum Gasteiger partial charge on any atom is 0.258 e. The van der Waals surface area contributed by atoms with Gasteiger partial charge in [0, 0.05) is 36.1 Å². The Bertz CT molecular complexity index is 792. The second-order valence-corrected chi connectivity index (χ2v) is 6.72. The fraction of sp³-hybridized carbons (Fsp3) is 0.391. The average molecular weight is 380 g/mol. The van der Waals surface area contributed by atoms with Gasteiger partial charge in [0.15, 0.2) is 0 Å². The maximum absolute atomic E-state index is 13.1. The molecule has 0 atom stereocenters. The number of nitriles is 1. The van der Waals surface area contributed by atoms with Crippen LogP contribution in [-0.4, -0.2) is 31.6 Å². The van der Waals surface area contributed by atoms with Gasteiger partial charge in [0.05, 0.1) is 19.1 Å². The third-order valence-corrected chi connectivity index (χ3v) is 4.56. The molecule has 0 heterocycles. The Kier molecular flexibility index (Phi) is 7.88. The van der Waals surface area contributed by atoms with Crippen molar-refractivity contribution in [1.82, 2.24) is 0 Å². The molecule has 1 amide bonds. The van der Waals surface area contributed by atoms with E-state index in [-0.39, 0.29) is 12.3 Å². The van der Waals surface area contributed by atoms with Crippen molar-refractivity contribution in [2.24, 2.45) is 0 Å². The van der Waals surface area contributed by atoms with Crippen molar-refractivity contribution in [3.63, 3.8) is 0 Å². The first kappa shape index (κ1) is 21.3. The molecule has 2 aromatic carbocycles. The Morgan fingerprint density at radius 1 is 1.04 bits per heavy atom. The van der Waals surface area contributed by atoms with Crippen LogP contribution in [0, 0.1) is 11.3 Å². The number of rotatable bonds is 9. The van der Waals surface area contributed by atoms with E-state index < -0.39 is 0 Å². The lowest BCUT2D eigenvalue weighted by atomic mass is 10.1. The molecule has 0 spiro atoms. The van der Waals surface area contributed by atoms with E-state index in [2.05, 4.69) is 31.7 Å². The molecular weight excluding hydrogens is 350 g/mol. The Morgan fingerprint density at radius 3 is 2.14 bits per heavy atom. The minimum absolute atomic E-state index is 0.112. The van der Waals surface area contributed by atoms with E-state index in [1.54, 1.807) is 4.90 Å². The maximum atomic E-state index is 13.1. The van der Waals surface area contributed by atoms with Crippen LogP contribution in [0.2, 0.25) is 0 Å². The van der Waals surface area contributed by atoms with Crippen molar-refractivity contribution in [2.45, 2.75) is 40.2 Å². The zero-order valence-electron chi connectivity index (χ0n) is 17.2. The van der Waals surface area contributed by atoms with Crippen molar-refractivity contribution >= 4 is 17.3 Å². The Labute approximate surface area is 168 Å². The second-order valence-electron chi connectivity index (χ2n) is 6.72. The van der Waals surface area contributed by atoms with E-state index in [1.165, 1.54) is 0 Å². The molecule has 0 bridgehead atoms. The normalized spacial score (nSPS) is 10.4. The summed E-state index contributed by atoms with van der Waals surface area (Å²) in [5, 5.41) is 8.99. The summed E-state index contributed by atoms with van der Waals surface area (Å²) < 4.78 is 5.47. The van der Waals surface area contributed by atoms with E-state index in [9.17, 15) is 4.79 Å². The van der Waals surface area contributed by atoms with Crippen molar-refractivity contribution in [3.05, 3.63) is 54.1 Å². The molecule has 5 nitrogen and oxygen atoms in total. The first-order valence-electron chi connectivity index (χ1n) is 9.80. The number of carbonyl (C=O) groups excluding carboxylic acids is 1. The first-order valence-corrected chi connectivity index (χ1v) is 9.80. The summed E-state index contributed by atoms with van der Waals surface area (Å²) in [5.41, 5.74) is 2.46. The zero-order chi connectivity index (χ0) is 20.5. The average Bonchev–Trinajstić information content (AvgIpc) is 2.70. The highest BCUT2D eigenvalue weighted by Crippen LogP contribution is 2.23. The highest BCUT2D eigenvalue weighted by Gasteiger charge is 2.18. The first-order chi connectivity index (χ1) is 13.5. The van der Waals surface area contributed by atoms with Crippen LogP contribution in [0.1, 0.15) is 44.5 Å². The molecule has 0 aromatic heterocycles. The van der Waals surface area contributed by atoms with Crippen LogP contribution in [0.3, 0.4) is 0 Å². The SMILES string of the molecule is CCOc1ccc(N(CCC#N)C(=O)c2ccc(N(CC)C(C)C)cc2)cc1. The van der Waals surface area contributed by atoms with Crippen LogP contribution in [0.5, 0.6) is 5.75 Å². The van der Waals surface area contributed by atoms with Crippen LogP contribution in [0.25, 0.3) is 0 Å². The van der Waals surface area contributed by atoms with Gasteiger partial charge >= 0.3 is 0 Å². The molecule has 0 aliphatic heterocycles. The van der Waals surface area contributed by atoms with Gasteiger partial charge in [-0.05, 0) is 76.2 Å². The number of hydrogen-bond acceptors (Lipinski definition) is 4. The van der Waals surface area contributed by atoms with Gasteiger partial charge in [-0.15, -0.1) is 0 Å². The van der Waals surface area contributed by atoms with Gasteiger partial charge in [-0.2, -0.15) is 5.26 Å². The Hall–Kier alpha value is -3.00. The summed E-state index contributed by atoms with van der Waals surface area (Å²) in [4.78, 5) is 17.0. The molecule has 2 aromatic rings. The van der Waals surface area contributed by atoms with Gasteiger partial charge in [0.25, 0.3) is 5.91 Å². The number of ether oxygens (including phenoxy) is 1. The molecule has 28 heavy (non-hydrogen) atoms. The lowest BCUT2D eigenvalue weighted by molar-refractivity contribution is 0.0987. The summed E-state index contributed by atoms with van der Waals surface area (Å²) in [7, 11) is 0. The van der Waals surface area contributed by atoms with Crippen LogP contribution in [-0.2, 0) is 0 Å². The molecule has 0 aliphatic carbocycles. The van der Waals surface area contributed by atoms with Crippen molar-refractivity contribution in [3.8, 4) is 11.8 Å². The molecule has 0 saturated heterocycles. The molecule has 0 unspecified atom stereocenters. The number of benzene rings is 2. The van der Waals surface area contributed by atoms with Crippen molar-refractivity contribution in [2.75, 3.05) is 29.5 Å². The van der Waals surface area contributed by atoms with Gasteiger partial charge in [0.2, 0.25) is 0 Å². The summed E-state index contributed by atoms with van der Waals surface area (Å²) in [6, 6.07) is 17.6. The molecule has 2 rings (SSSR count). The van der Waals surface area contributed by atoms with Crippen LogP contribution >= 0.6 is 0 Å². The fourth-order valence-corrected chi connectivity index (χ4v) is 3.20. The molecule has 0 aliphatic rings. The molecule has 5 heteroatoms. The molecule has 0 saturated carbocycles. The summed E-state index contributed by atoms with van der Waals surface area (Å²) in [5.74, 6) is 0.648. The van der Waals surface area contributed by atoms with Crippen LogP contribution in [0.4, 0.5) is 11.4 Å². The molecule has 148 valence electrons. The van der Waals surface area contributed by atoms with Crippen molar-refractivity contribution in [1.29, 1.82) is 5.26 Å². The minimum atomic E-state index is -0.112. The van der Waals surface area contributed by atoms with E-state index in [4.69, 9.17) is 10.00 Å². The smallest absolute Gasteiger partial charge is 0.258 e. The molecule has 0 fully saturated rings. The number of amides is 1. The lowest BCUT2D eigenvalue weighted by Crippen LogP contribution is -2.32. The summed E-state index contributed by atoms with van der Waals surface area (Å²) >= 11 is 0. The van der Waals surface area contributed by atoms with Gasteiger partial charge in [-0.25, -0.2) is 0 Å². The fourth-order valence-electron chi connectivity index (χ4n) is 3.20. The predicted molar refractivity (Wildman–Crippen MR) is 114 cm³/mol. The quantitative estimate of drug-likeness (QED) is 0.623. The van der Waals surface area contributed by atoms with E-state index in [0.29, 0.717) is 24.8 Å². The highest BCUT2D eigenvalue weighted by atomic mass is 16.5. The third-order valence-electron chi connectivity index (χ3n) is 4.56. The number of nitrogens with zero attached hydrogens (tertiary/aromatic N) is 3. The van der Waals surface area contributed by atoms with Crippen LogP contribution in [0.15, 0.2) is 48.5 Å². The lowest BCUT2D eigenvalue weighted by Gasteiger charge is -2.28. The van der Waals surface area contributed by atoms with Crippen LogP contribution < -0.4 is 14.5 Å². The Balaban J connectivity index is 2.26. The standard InChI is InChI=1S/C23H29N3O2/c1-5-25(18(3)4)20-10-8-19(9-11-20)23(27)26(17-7-16-24)21-12-14-22(15-13-21)28-6-2/h8-15,18H,5-7,17H2,1-4H3. The minimum Gasteiger partial charge on any atom is -0.494 e. The van der Waals surface area contributed by atoms with Gasteiger partial charge < -0.3 is 14.5 Å². The van der Waals surface area contributed by atoms with Crippen molar-refractivity contribution < 1.29 is 9.53 Å². The molecule has 0 N–H and O–H groups in total. The number of hydrogen-bond donors (Lipinski definition) is 0. The topological polar surface area (TPSA) is 56.6 Å². The van der Waals surface area contributed by atoms with Gasteiger partial charge in [0.1, 0.15) is 5.75 Å². The predicted octanol–water partition coefficient (Wildman–Crippen LogP) is 4.88. The summed E-state index contributed by atoms with van der Waals surface area (Å²) in [6.07, 6.45) is 0.272. The van der Waals surface area contributed by atoms with E-state index in [0.717, 1.165) is 23.7 Å². The highest BCUT2D eigenvalue weighted by molar-refractivity contribution is 6.06.